The van der Waals surface area contributed by atoms with Crippen LogP contribution in [0.3, 0.4) is 0 Å². The maximum atomic E-state index is 11.5. The molecule has 3 rings (SSSR count). The lowest BCUT2D eigenvalue weighted by Crippen LogP contribution is -2.12. The summed E-state index contributed by atoms with van der Waals surface area (Å²) in [5.74, 6) is 0.529. The highest BCUT2D eigenvalue weighted by Crippen LogP contribution is 2.20. The Labute approximate surface area is 122 Å². The number of nitrogens with zero attached hydrogens (tertiary/aromatic N) is 2. The molecular formula is C13H9IN4O. The van der Waals surface area contributed by atoms with Gasteiger partial charge in [0.2, 0.25) is 0 Å². The van der Waals surface area contributed by atoms with Gasteiger partial charge in [-0.1, -0.05) is 18.2 Å². The number of nitrogens with one attached hydrogen (secondary N) is 2. The Morgan fingerprint density at radius 3 is 2.95 bits per heavy atom. The van der Waals surface area contributed by atoms with Gasteiger partial charge in [-0.05, 0) is 34.7 Å². The maximum absolute atomic E-state index is 11.5. The van der Waals surface area contributed by atoms with Crippen LogP contribution < -0.4 is 10.9 Å². The molecule has 0 bridgehead atoms. The van der Waals surface area contributed by atoms with Gasteiger partial charge in [0.05, 0.1) is 23.7 Å². The molecule has 0 aliphatic heterocycles. The summed E-state index contributed by atoms with van der Waals surface area (Å²) in [6, 6.07) is 9.83. The highest BCUT2D eigenvalue weighted by Gasteiger charge is 2.05. The molecule has 0 atom stereocenters. The molecule has 5 nitrogen and oxygen atoms in total. The van der Waals surface area contributed by atoms with Crippen LogP contribution in [0.2, 0.25) is 0 Å². The molecule has 0 spiro atoms. The summed E-state index contributed by atoms with van der Waals surface area (Å²) in [4.78, 5) is 22.5. The van der Waals surface area contributed by atoms with E-state index in [1.54, 1.807) is 6.20 Å². The van der Waals surface area contributed by atoms with Gasteiger partial charge in [0, 0.05) is 5.39 Å². The minimum absolute atomic E-state index is 0.160. The van der Waals surface area contributed by atoms with Crippen LogP contribution in [-0.4, -0.2) is 15.0 Å². The van der Waals surface area contributed by atoms with Gasteiger partial charge in [-0.15, -0.1) is 0 Å². The number of benzene rings is 1. The van der Waals surface area contributed by atoms with E-state index in [0.29, 0.717) is 9.39 Å². The summed E-state index contributed by atoms with van der Waals surface area (Å²) < 4.78 is 0.522. The third kappa shape index (κ3) is 2.43. The van der Waals surface area contributed by atoms with Crippen molar-refractivity contribution < 1.29 is 0 Å². The molecular weight excluding hydrogens is 355 g/mol. The van der Waals surface area contributed by atoms with Gasteiger partial charge in [0.15, 0.2) is 5.82 Å². The normalized spacial score (nSPS) is 10.6. The Balaban J connectivity index is 2.01. The minimum Gasteiger partial charge on any atom is -0.338 e. The molecule has 6 heteroatoms. The van der Waals surface area contributed by atoms with Crippen molar-refractivity contribution in [2.24, 2.45) is 0 Å². The lowest BCUT2D eigenvalue weighted by atomic mass is 10.2. The van der Waals surface area contributed by atoms with Gasteiger partial charge in [-0.25, -0.2) is 4.98 Å². The molecule has 0 aliphatic carbocycles. The van der Waals surface area contributed by atoms with Crippen molar-refractivity contribution in [1.82, 2.24) is 15.0 Å². The number of anilines is 2. The molecule has 0 fully saturated rings. The topological polar surface area (TPSA) is 70.7 Å². The number of halogens is 1. The molecule has 94 valence electrons. The fraction of sp³-hybridized carbons (Fsp3) is 0. The predicted molar refractivity (Wildman–Crippen MR) is 82.6 cm³/mol. The zero-order valence-electron chi connectivity index (χ0n) is 9.72. The molecule has 3 aromatic rings. The van der Waals surface area contributed by atoms with Crippen molar-refractivity contribution in [2.75, 3.05) is 5.32 Å². The highest BCUT2D eigenvalue weighted by atomic mass is 127. The summed E-state index contributed by atoms with van der Waals surface area (Å²) in [7, 11) is 0. The number of pyridine rings is 1. The zero-order valence-corrected chi connectivity index (χ0v) is 11.9. The van der Waals surface area contributed by atoms with Crippen LogP contribution in [0.15, 0.2) is 47.7 Å². The van der Waals surface area contributed by atoms with E-state index in [1.807, 2.05) is 52.9 Å². The molecule has 0 unspecified atom stereocenters. The van der Waals surface area contributed by atoms with Crippen molar-refractivity contribution in [3.8, 4) is 0 Å². The fourth-order valence-corrected chi connectivity index (χ4v) is 2.18. The summed E-state index contributed by atoms with van der Waals surface area (Å²) >= 11 is 1.96. The van der Waals surface area contributed by atoms with E-state index in [4.69, 9.17) is 0 Å². The molecule has 2 heterocycles. The van der Waals surface area contributed by atoms with Crippen molar-refractivity contribution in [2.45, 2.75) is 0 Å². The quantitative estimate of drug-likeness (QED) is 0.686. The van der Waals surface area contributed by atoms with Crippen LogP contribution in [-0.2, 0) is 0 Å². The van der Waals surface area contributed by atoms with Crippen molar-refractivity contribution in [1.29, 1.82) is 0 Å². The van der Waals surface area contributed by atoms with E-state index in [2.05, 4.69) is 20.3 Å². The van der Waals surface area contributed by atoms with Crippen LogP contribution in [0.1, 0.15) is 0 Å². The number of H-pyrrole nitrogens is 1. The van der Waals surface area contributed by atoms with Gasteiger partial charge in [-0.2, -0.15) is 0 Å². The molecule has 2 aromatic heterocycles. The number of para-hydroxylation sites is 1. The average molecular weight is 364 g/mol. The smallest absolute Gasteiger partial charge is 0.266 e. The number of hydrogen-bond acceptors (Lipinski definition) is 4. The SMILES string of the molecule is O=c1[nH]cnc(Nc2cnc3ccccc3c2)c1I. The first kappa shape index (κ1) is 12.1. The molecule has 0 saturated heterocycles. The lowest BCUT2D eigenvalue weighted by Gasteiger charge is -2.07. The first-order valence-electron chi connectivity index (χ1n) is 5.59. The van der Waals surface area contributed by atoms with E-state index >= 15 is 0 Å². The Kier molecular flexibility index (Phi) is 3.16. The highest BCUT2D eigenvalue weighted by molar-refractivity contribution is 14.1. The standard InChI is InChI=1S/C13H9IN4O/c14-11-12(16-7-17-13(11)19)18-9-5-8-3-1-2-4-10(8)15-6-9/h1-7H,(H2,16,17,18,19). The zero-order chi connectivity index (χ0) is 13.2. The van der Waals surface area contributed by atoms with Crippen LogP contribution in [0.4, 0.5) is 11.5 Å². The van der Waals surface area contributed by atoms with Crippen molar-refractivity contribution >= 4 is 45.0 Å². The third-order valence-corrected chi connectivity index (χ3v) is 3.65. The lowest BCUT2D eigenvalue weighted by molar-refractivity contribution is 1.10. The van der Waals surface area contributed by atoms with E-state index in [0.717, 1.165) is 16.6 Å². The van der Waals surface area contributed by atoms with Gasteiger partial charge in [-0.3, -0.25) is 9.78 Å². The maximum Gasteiger partial charge on any atom is 0.266 e. The Morgan fingerprint density at radius 2 is 2.05 bits per heavy atom. The summed E-state index contributed by atoms with van der Waals surface area (Å²) in [6.07, 6.45) is 3.10. The second-order valence-corrected chi connectivity index (χ2v) is 5.01. The summed E-state index contributed by atoms with van der Waals surface area (Å²) in [5, 5.41) is 4.14. The Morgan fingerprint density at radius 1 is 1.21 bits per heavy atom. The monoisotopic (exact) mass is 364 g/mol. The number of rotatable bonds is 2. The molecule has 19 heavy (non-hydrogen) atoms. The number of aromatic amines is 1. The summed E-state index contributed by atoms with van der Waals surface area (Å²) in [5.41, 5.74) is 1.57. The van der Waals surface area contributed by atoms with Gasteiger partial charge in [0.1, 0.15) is 3.57 Å². The molecule has 2 N–H and O–H groups in total. The molecule has 0 amide bonds. The van der Waals surface area contributed by atoms with E-state index in [1.165, 1.54) is 6.33 Å². The third-order valence-electron chi connectivity index (χ3n) is 2.65. The largest absolute Gasteiger partial charge is 0.338 e. The van der Waals surface area contributed by atoms with Crippen LogP contribution in [0.25, 0.3) is 10.9 Å². The molecule has 1 aromatic carbocycles. The van der Waals surface area contributed by atoms with Gasteiger partial charge < -0.3 is 10.3 Å². The number of hydrogen-bond donors (Lipinski definition) is 2. The Bertz CT molecular complexity index is 800. The predicted octanol–water partition coefficient (Wildman–Crippen LogP) is 2.67. The number of fused-ring (bicyclic) bond motifs is 1. The minimum atomic E-state index is -0.160. The van der Waals surface area contributed by atoms with E-state index < -0.39 is 0 Å². The fourth-order valence-electron chi connectivity index (χ4n) is 1.75. The second-order valence-electron chi connectivity index (χ2n) is 3.94. The van der Waals surface area contributed by atoms with Crippen LogP contribution >= 0.6 is 22.6 Å². The molecule has 0 aliphatic rings. The second kappa shape index (κ2) is 4.96. The van der Waals surface area contributed by atoms with Gasteiger partial charge in [0.25, 0.3) is 5.56 Å². The van der Waals surface area contributed by atoms with Gasteiger partial charge >= 0.3 is 0 Å². The molecule has 0 radical (unpaired) electrons. The first-order chi connectivity index (χ1) is 9.24. The summed E-state index contributed by atoms with van der Waals surface area (Å²) in [6.45, 7) is 0. The van der Waals surface area contributed by atoms with Crippen LogP contribution in [0.5, 0.6) is 0 Å². The van der Waals surface area contributed by atoms with Crippen molar-refractivity contribution in [3.63, 3.8) is 0 Å². The first-order valence-corrected chi connectivity index (χ1v) is 6.67. The van der Waals surface area contributed by atoms with Crippen molar-refractivity contribution in [3.05, 3.63) is 56.8 Å². The van der Waals surface area contributed by atoms with E-state index in [9.17, 15) is 4.79 Å². The van der Waals surface area contributed by atoms with E-state index in [-0.39, 0.29) is 5.56 Å². The van der Waals surface area contributed by atoms with Crippen LogP contribution in [0, 0.1) is 3.57 Å². The average Bonchev–Trinajstić information content (AvgIpc) is 2.44. The molecule has 0 saturated carbocycles. The number of aromatic nitrogens is 3. The Hall–Kier alpha value is -1.96.